The number of nitrogens with one attached hydrogen (secondary N) is 2. The Labute approximate surface area is 339 Å². The maximum Gasteiger partial charge on any atom is 0.336 e. The lowest BCUT2D eigenvalue weighted by Crippen LogP contribution is -2.35. The molecule has 1 aromatic heterocycles. The fraction of sp³-hybridized carbons (Fsp3) is 0.578. The smallest absolute Gasteiger partial charge is 0.336 e. The van der Waals surface area contributed by atoms with Crippen molar-refractivity contribution < 1.29 is 23.8 Å². The quantitative estimate of drug-likeness (QED) is 0.0319. The molecule has 1 aliphatic rings. The molecular formula is C45H67N5O5S. The topological polar surface area (TPSA) is 147 Å². The Kier molecular flexibility index (Phi) is 17.4. The molecule has 56 heavy (non-hydrogen) atoms. The molecule has 0 radical (unpaired) electrons. The van der Waals surface area contributed by atoms with Crippen molar-refractivity contribution in [3.05, 3.63) is 68.3 Å². The number of hydrogen-bond acceptors (Lipinski definition) is 9. The summed E-state index contributed by atoms with van der Waals surface area (Å²) in [6.07, 6.45) is 16.5. The summed E-state index contributed by atoms with van der Waals surface area (Å²) in [5.74, 6) is -1.67. The lowest BCUT2D eigenvalue weighted by atomic mass is 9.76. The number of ether oxygens (including phenoxy) is 3. The van der Waals surface area contributed by atoms with E-state index in [9.17, 15) is 9.59 Å². The van der Waals surface area contributed by atoms with E-state index in [1.54, 1.807) is 19.9 Å². The van der Waals surface area contributed by atoms with Gasteiger partial charge in [-0.2, -0.15) is 0 Å². The van der Waals surface area contributed by atoms with Crippen molar-refractivity contribution in [1.29, 1.82) is 0 Å². The van der Waals surface area contributed by atoms with Crippen LogP contribution in [0.5, 0.6) is 5.75 Å². The van der Waals surface area contributed by atoms with Gasteiger partial charge in [-0.15, -0.1) is 0 Å². The first-order valence-corrected chi connectivity index (χ1v) is 21.5. The number of anilines is 2. The lowest BCUT2D eigenvalue weighted by Gasteiger charge is -2.34. The number of hydrogen-bond donors (Lipinski definition) is 4. The summed E-state index contributed by atoms with van der Waals surface area (Å²) in [4.78, 5) is 31.8. The Bertz CT molecular complexity index is 1920. The molecule has 2 heterocycles. The molecule has 1 atom stereocenters. The fourth-order valence-electron chi connectivity index (χ4n) is 7.87. The van der Waals surface area contributed by atoms with Gasteiger partial charge in [-0.1, -0.05) is 90.0 Å². The highest BCUT2D eigenvalue weighted by Gasteiger charge is 2.42. The first-order valence-electron chi connectivity index (χ1n) is 21.0. The molecule has 1 aliphatic heterocycles. The number of nitrogens with zero attached hydrogens (tertiary/aromatic N) is 1. The highest BCUT2D eigenvalue weighted by Crippen LogP contribution is 2.49. The average Bonchev–Trinajstić information content (AvgIpc) is 3.44. The third-order valence-corrected chi connectivity index (χ3v) is 10.9. The number of aromatic amines is 1. The Morgan fingerprint density at radius 1 is 0.804 bits per heavy atom. The normalized spacial score (nSPS) is 14.5. The van der Waals surface area contributed by atoms with Gasteiger partial charge in [-0.3, -0.25) is 0 Å². The molecular weight excluding hydrogens is 723 g/mol. The van der Waals surface area contributed by atoms with E-state index in [0.717, 1.165) is 41.4 Å². The predicted molar refractivity (Wildman–Crippen MR) is 231 cm³/mol. The Morgan fingerprint density at radius 3 is 1.95 bits per heavy atom. The van der Waals surface area contributed by atoms with Crippen LogP contribution in [0.4, 0.5) is 11.4 Å². The van der Waals surface area contributed by atoms with Gasteiger partial charge in [0.25, 0.3) is 0 Å². The molecule has 0 bridgehead atoms. The zero-order valence-corrected chi connectivity index (χ0v) is 35.9. The standard InChI is InChI=1S/C45H67N5O5S/c1-8-11-12-13-14-15-16-17-18-19-20-21-22-23-32-33(46)27-34(47)42(55-29(4)5)39(32)41-38(43(51)53-9-2)31(7)48-36(40(41)44(52)54-10-3)28-50-37-25-24-30(6)26-35(37)49-45(50)56/h24-27,29,41,48H,8-23,28,46-47H2,1-7H3,(H,49,56). The van der Waals surface area contributed by atoms with Gasteiger partial charge in [0.05, 0.1) is 59.6 Å². The van der Waals surface area contributed by atoms with Crippen LogP contribution in [-0.4, -0.2) is 40.8 Å². The highest BCUT2D eigenvalue weighted by atomic mass is 32.1. The number of H-pyrrole nitrogens is 1. The molecule has 0 amide bonds. The average molecular weight is 790 g/mol. The van der Waals surface area contributed by atoms with Crippen LogP contribution in [0.1, 0.15) is 148 Å². The molecule has 4 rings (SSSR count). The van der Waals surface area contributed by atoms with Crippen molar-refractivity contribution in [3.63, 3.8) is 0 Å². The van der Waals surface area contributed by atoms with Gasteiger partial charge in [0.15, 0.2) is 4.77 Å². The van der Waals surface area contributed by atoms with Crippen molar-refractivity contribution in [1.82, 2.24) is 14.9 Å². The zero-order valence-electron chi connectivity index (χ0n) is 35.0. The minimum Gasteiger partial charge on any atom is -0.489 e. The van der Waals surface area contributed by atoms with Crippen LogP contribution in [0.25, 0.3) is 11.0 Å². The zero-order chi connectivity index (χ0) is 40.8. The number of aromatic nitrogens is 2. The van der Waals surface area contributed by atoms with Gasteiger partial charge < -0.3 is 40.5 Å². The monoisotopic (exact) mass is 789 g/mol. The van der Waals surface area contributed by atoms with Crippen LogP contribution in [0.3, 0.4) is 0 Å². The van der Waals surface area contributed by atoms with Crippen LogP contribution in [-0.2, 0) is 32.0 Å². The predicted octanol–water partition coefficient (Wildman–Crippen LogP) is 10.6. The third kappa shape index (κ3) is 11.4. The van der Waals surface area contributed by atoms with E-state index < -0.39 is 17.9 Å². The van der Waals surface area contributed by atoms with E-state index in [2.05, 4.69) is 17.2 Å². The molecule has 0 saturated carbocycles. The van der Waals surface area contributed by atoms with Crippen molar-refractivity contribution >= 4 is 46.6 Å². The maximum atomic E-state index is 14.4. The highest BCUT2D eigenvalue weighted by molar-refractivity contribution is 7.71. The van der Waals surface area contributed by atoms with Crippen LogP contribution in [0.2, 0.25) is 0 Å². The second-order valence-electron chi connectivity index (χ2n) is 15.4. The summed E-state index contributed by atoms with van der Waals surface area (Å²) < 4.78 is 20.4. The molecule has 0 aliphatic carbocycles. The molecule has 0 fully saturated rings. The van der Waals surface area contributed by atoms with Gasteiger partial charge in [0, 0.05) is 22.6 Å². The Balaban J connectivity index is 1.76. The summed E-state index contributed by atoms with van der Waals surface area (Å²) in [6.45, 7) is 14.0. The summed E-state index contributed by atoms with van der Waals surface area (Å²) >= 11 is 5.82. The van der Waals surface area contributed by atoms with Gasteiger partial charge in [-0.25, -0.2) is 9.59 Å². The van der Waals surface area contributed by atoms with E-state index in [0.29, 0.717) is 45.3 Å². The number of carbonyl (C=O) groups excluding carboxylic acids is 2. The number of nitrogens with two attached hydrogens (primary N) is 2. The van der Waals surface area contributed by atoms with Gasteiger partial charge in [0.1, 0.15) is 5.75 Å². The largest absolute Gasteiger partial charge is 0.489 e. The summed E-state index contributed by atoms with van der Waals surface area (Å²) in [6, 6.07) is 7.81. The van der Waals surface area contributed by atoms with Crippen LogP contribution in [0, 0.1) is 11.7 Å². The molecule has 11 heteroatoms. The van der Waals surface area contributed by atoms with Crippen molar-refractivity contribution in [2.45, 2.75) is 157 Å². The number of unbranched alkanes of at least 4 members (excludes halogenated alkanes) is 12. The third-order valence-electron chi connectivity index (χ3n) is 10.5. The van der Waals surface area contributed by atoms with E-state index in [1.165, 1.54) is 64.2 Å². The van der Waals surface area contributed by atoms with E-state index in [4.69, 9.17) is 37.9 Å². The summed E-state index contributed by atoms with van der Waals surface area (Å²) in [5.41, 5.74) is 20.3. The van der Waals surface area contributed by atoms with Crippen molar-refractivity contribution in [3.8, 4) is 5.75 Å². The minimum absolute atomic E-state index is 0.131. The molecule has 10 nitrogen and oxygen atoms in total. The van der Waals surface area contributed by atoms with Crippen molar-refractivity contribution in [2.24, 2.45) is 0 Å². The Morgan fingerprint density at radius 2 is 1.38 bits per heavy atom. The first-order chi connectivity index (χ1) is 26.9. The molecule has 3 aromatic rings. The maximum absolute atomic E-state index is 14.4. The number of carbonyl (C=O) groups is 2. The number of rotatable bonds is 23. The minimum atomic E-state index is -0.956. The van der Waals surface area contributed by atoms with Crippen molar-refractivity contribution in [2.75, 3.05) is 24.7 Å². The molecule has 308 valence electrons. The number of benzene rings is 2. The lowest BCUT2D eigenvalue weighted by molar-refractivity contribution is -0.139. The van der Waals surface area contributed by atoms with E-state index in [-0.39, 0.29) is 37.0 Å². The van der Waals surface area contributed by atoms with Gasteiger partial charge in [-0.05, 0) is 95.9 Å². The van der Waals surface area contributed by atoms with E-state index >= 15 is 0 Å². The number of esters is 2. The Hall–Kier alpha value is -4.25. The number of dihydropyridines is 1. The second-order valence-corrected chi connectivity index (χ2v) is 15.8. The summed E-state index contributed by atoms with van der Waals surface area (Å²) in [7, 11) is 0. The molecule has 0 saturated heterocycles. The molecule has 6 N–H and O–H groups in total. The summed E-state index contributed by atoms with van der Waals surface area (Å²) in [5, 5.41) is 3.41. The number of nitrogen functional groups attached to an aromatic ring is 2. The van der Waals surface area contributed by atoms with Gasteiger partial charge >= 0.3 is 11.9 Å². The SMILES string of the molecule is CCCCCCCCCCCCCCCc1c(N)cc(N)c(OC(C)C)c1C1C(C(=O)OCC)=C(C)NC(Cn2c(=S)[nH]c3cc(C)ccc32)=C1C(=O)OCC. The van der Waals surface area contributed by atoms with Crippen LogP contribution >= 0.6 is 12.2 Å². The van der Waals surface area contributed by atoms with Crippen LogP contribution < -0.4 is 21.5 Å². The fourth-order valence-corrected chi connectivity index (χ4v) is 8.14. The number of imidazole rings is 1. The molecule has 1 unspecified atom stereocenters. The number of allylic oxidation sites excluding steroid dienone is 2. The number of aryl methyl sites for hydroxylation is 1. The first kappa shape index (κ1) is 44.5. The van der Waals surface area contributed by atoms with Gasteiger partial charge in [0.2, 0.25) is 0 Å². The van der Waals surface area contributed by atoms with Crippen LogP contribution in [0.15, 0.2) is 46.8 Å². The number of fused-ring (bicyclic) bond motifs is 1. The molecule has 2 aromatic carbocycles. The molecule has 0 spiro atoms. The second kappa shape index (κ2) is 21.9. The van der Waals surface area contributed by atoms with E-state index in [1.807, 2.05) is 50.5 Å².